The van der Waals surface area contributed by atoms with Crippen molar-refractivity contribution in [3.05, 3.63) is 192 Å². The molecule has 0 saturated carbocycles. The Bertz CT molecular complexity index is 1910. The summed E-state index contributed by atoms with van der Waals surface area (Å²) in [5, 5.41) is 117. The van der Waals surface area contributed by atoms with Gasteiger partial charge in [0.05, 0.1) is 97.1 Å². The van der Waals surface area contributed by atoms with Gasteiger partial charge in [-0.05, 0) is 0 Å². The van der Waals surface area contributed by atoms with Crippen LogP contribution in [0.25, 0.3) is 192 Å². The van der Waals surface area contributed by atoms with Gasteiger partial charge in [-0.2, -0.15) is 84.2 Å². The van der Waals surface area contributed by atoms with Crippen molar-refractivity contribution >= 4 is 0 Å². The summed E-state index contributed by atoms with van der Waals surface area (Å²) in [5.74, 6) is 0. The molecule has 0 amide bonds. The van der Waals surface area contributed by atoms with Crippen molar-refractivity contribution in [1.29, 1.82) is 84.2 Å². The van der Waals surface area contributed by atoms with Gasteiger partial charge < -0.3 is 133 Å². The SMILES string of the molecule is CC#N.CC#N.CC#N.CC#N.CC#N.CC#N.CC#N.CC#N.CC#N.CC#N.CC#N.CC#N.CC#N.CC#N.CC#N.CC#N.[Fe+2].[Fe+2].[Fe+2].[Fe+2].[Fe+2].[Fe+2].[Fe+2].[N-]=[N+]=[N-].[N-]=[N+]=[N-].[N-]=[N+]=[N-].[N-]=[N+]=[N-].[N-]=[N+]=[N-].[N-]=[N+]=[N-].[N-]=[N+]=[N-].[N-]=[N+]=[N-].[N-]=[N+]=[N-].[N-]=[N+]=[N-].[N-]=[N+]=[N-].[N-]=[N+]=[N-].[O-][Cl+3]([O-])([O-])[O-].[O-][Cl+3]([O-])([O-])[O-]. The maximum atomic E-state index is 8.49. The van der Waals surface area contributed by atoms with E-state index in [4.69, 9.17) is 254 Å². The van der Waals surface area contributed by atoms with Crippen LogP contribution in [-0.2, 0) is 119 Å². The van der Waals surface area contributed by atoms with Gasteiger partial charge >= 0.3 is 119 Å². The summed E-state index contributed by atoms with van der Waals surface area (Å²) >= 11 is 0. The first kappa shape index (κ1) is 256. The van der Waals surface area contributed by atoms with E-state index in [2.05, 4.69) is 0 Å². The van der Waals surface area contributed by atoms with Gasteiger partial charge in [-0.25, -0.2) is 37.3 Å². The molecule has 101 heavy (non-hydrogen) atoms. The zero-order valence-electron chi connectivity index (χ0n) is 53.8. The first-order valence-corrected chi connectivity index (χ1v) is 20.1. The van der Waals surface area contributed by atoms with Crippen LogP contribution >= 0.6 is 0 Å². The molecule has 0 N–H and O–H groups in total. The predicted octanol–water partition coefficient (Wildman–Crippen LogP) is 9.34. The normalized spacial score (nSPS) is 3.41. The van der Waals surface area contributed by atoms with E-state index in [1.165, 1.54) is 170 Å². The first-order chi connectivity index (χ1) is 43.6. The monoisotopic (exact) mass is 1750 g/mol. The maximum absolute atomic E-state index is 8.49. The van der Waals surface area contributed by atoms with Crippen LogP contribution in [-0.4, -0.2) is 0 Å². The molecule has 0 radical (unpaired) electrons. The second-order valence-corrected chi connectivity index (χ2v) is 6.92. The number of rotatable bonds is 0. The molecular formula is C32H48Cl2Fe7N52O8. The average Bonchev–Trinajstić information content (AvgIpc) is 3.40. The van der Waals surface area contributed by atoms with Crippen LogP contribution in [0.3, 0.4) is 0 Å². The number of hydrogen-bond donors (Lipinski definition) is 0. The van der Waals surface area contributed by atoms with Gasteiger partial charge in [0.1, 0.15) is 0 Å². The molecular weight excluding hydrogens is 1700 g/mol. The fraction of sp³-hybridized carbons (Fsp3) is 0.500. The Balaban J connectivity index is -0.0000000120. The molecule has 0 spiro atoms. The molecule has 60 nitrogen and oxygen atoms in total. The Morgan fingerprint density at radius 1 is 0.149 bits per heavy atom. The van der Waals surface area contributed by atoms with Crippen LogP contribution in [0.4, 0.5) is 0 Å². The van der Waals surface area contributed by atoms with E-state index in [0.29, 0.717) is 0 Å². The molecule has 0 aromatic carbocycles. The zero-order valence-corrected chi connectivity index (χ0v) is 63.0. The van der Waals surface area contributed by atoms with Gasteiger partial charge in [0.25, 0.3) is 0 Å². The number of halogens is 2. The molecule has 0 aliphatic carbocycles. The summed E-state index contributed by atoms with van der Waals surface area (Å²) in [7, 11) is -9.89. The van der Waals surface area contributed by atoms with Crippen molar-refractivity contribution in [1.82, 2.24) is 0 Å². The van der Waals surface area contributed by atoms with E-state index in [9.17, 15) is 0 Å². The Hall–Kier alpha value is -12.5. The molecule has 0 saturated heterocycles. The van der Waals surface area contributed by atoms with Crippen LogP contribution in [0.15, 0.2) is 0 Å². The van der Waals surface area contributed by atoms with Gasteiger partial charge in [-0.1, -0.05) is 0 Å². The Labute approximate surface area is 656 Å². The van der Waals surface area contributed by atoms with Crippen LogP contribution in [0, 0.1) is 202 Å². The molecule has 0 fully saturated rings. The third-order valence-corrected chi connectivity index (χ3v) is 0. The Morgan fingerprint density at radius 3 is 0.149 bits per heavy atom. The minimum absolute atomic E-state index is 0. The summed E-state index contributed by atoms with van der Waals surface area (Å²) in [5.41, 5.74) is 162. The van der Waals surface area contributed by atoms with Gasteiger partial charge in [0, 0.05) is 111 Å². The summed E-state index contributed by atoms with van der Waals surface area (Å²) < 4.78 is 67.9. The van der Waals surface area contributed by atoms with Crippen LogP contribution in [0.1, 0.15) is 111 Å². The van der Waals surface area contributed by atoms with E-state index >= 15 is 0 Å². The maximum Gasteiger partial charge on any atom is 2.00 e. The largest absolute Gasteiger partial charge is 2.00 e. The molecule has 0 rings (SSSR count). The fourth-order valence-electron chi connectivity index (χ4n) is 0. The average molecular weight is 1750 g/mol. The molecule has 554 valence electrons. The molecule has 0 heterocycles. The number of nitriles is 16. The minimum atomic E-state index is -4.94. The van der Waals surface area contributed by atoms with Crippen molar-refractivity contribution in [2.24, 2.45) is 0 Å². The van der Waals surface area contributed by atoms with Crippen molar-refractivity contribution in [3.63, 3.8) is 0 Å². The summed E-state index contributed by atoms with van der Waals surface area (Å²) in [6.07, 6.45) is 0. The van der Waals surface area contributed by atoms with Crippen LogP contribution < -0.4 is 37.3 Å². The van der Waals surface area contributed by atoms with E-state index in [-0.39, 0.29) is 119 Å². The molecule has 0 aliphatic heterocycles. The van der Waals surface area contributed by atoms with Gasteiger partial charge in [0.2, 0.25) is 0 Å². The quantitative estimate of drug-likeness (QED) is 0.0942. The molecule has 0 bridgehead atoms. The second-order valence-electron chi connectivity index (χ2n) is 5.41. The summed E-state index contributed by atoms with van der Waals surface area (Å²) in [6, 6.07) is 28.0. The van der Waals surface area contributed by atoms with Crippen LogP contribution in [0.2, 0.25) is 0 Å². The molecule has 0 aromatic heterocycles. The zero-order chi connectivity index (χ0) is 84.8. The molecule has 0 aliphatic rings. The molecule has 69 heteroatoms. The summed E-state index contributed by atoms with van der Waals surface area (Å²) in [6.45, 7) is 22.9. The molecule has 0 aromatic rings. The molecule has 0 atom stereocenters. The standard InChI is InChI=1S/16C2H3N.2ClHO4.7Fe.12N3/c16*1-2-3;2*2-1(3,4)5;;;;;;;;12*1-3-2/h16*1H3;2*(H,2,3,4,5);;;;;;;;;;;;;;;;;;;/q;;;;;;;;;;;;;;;;;;7*+2;12*-1/p-2. The van der Waals surface area contributed by atoms with Crippen molar-refractivity contribution in [2.75, 3.05) is 0 Å². The second kappa shape index (κ2) is 867. The molecule has 0 unspecified atom stereocenters. The Kier molecular flexibility index (Phi) is 2190. The first-order valence-electron chi connectivity index (χ1n) is 17.6. The number of nitrogens with zero attached hydrogens (tertiary/aromatic N) is 52. The van der Waals surface area contributed by atoms with Crippen molar-refractivity contribution in [2.45, 2.75) is 111 Å². The third kappa shape index (κ3) is 4060. The van der Waals surface area contributed by atoms with E-state index in [0.717, 1.165) is 0 Å². The van der Waals surface area contributed by atoms with Crippen molar-refractivity contribution < 1.29 is 177 Å². The third-order valence-electron chi connectivity index (χ3n) is 0. The minimum Gasteiger partial charge on any atom is -0.373 e. The number of hydrogen-bond acceptors (Lipinski definition) is 24. The summed E-state index contributed by atoms with van der Waals surface area (Å²) in [4.78, 5) is 18.0. The smallest absolute Gasteiger partial charge is 0.373 e. The van der Waals surface area contributed by atoms with Gasteiger partial charge in [0.15, 0.2) is 0 Å². The van der Waals surface area contributed by atoms with Crippen LogP contribution in [0.5, 0.6) is 0 Å². The Morgan fingerprint density at radius 2 is 0.149 bits per heavy atom. The van der Waals surface area contributed by atoms with Crippen molar-refractivity contribution in [3.8, 4) is 97.1 Å². The van der Waals surface area contributed by atoms with E-state index in [1.54, 1.807) is 97.1 Å². The van der Waals surface area contributed by atoms with E-state index < -0.39 is 20.5 Å². The predicted molar refractivity (Wildman–Crippen MR) is 302 cm³/mol. The topological polar surface area (TPSA) is 1270 Å². The van der Waals surface area contributed by atoms with Gasteiger partial charge in [-0.15, -0.1) is 20.5 Å². The van der Waals surface area contributed by atoms with Gasteiger partial charge in [-0.3, -0.25) is 58.9 Å². The fourth-order valence-corrected chi connectivity index (χ4v) is 0. The van der Waals surface area contributed by atoms with E-state index in [1.807, 2.05) is 0 Å².